The molecule has 0 aliphatic rings. The van der Waals surface area contributed by atoms with Crippen LogP contribution in [0.5, 0.6) is 5.75 Å². The topological polar surface area (TPSA) is 130 Å². The van der Waals surface area contributed by atoms with E-state index >= 15 is 0 Å². The standard InChI is InChI=1S/C37H39N5O4/c1-2-46-31-18-16-26(17-19-31)22-34(41-35(43)29-8-4-3-5-9-29)36(44)42(21-20-30-25-39-33-11-7-6-10-32(30)33)37(45)40-24-28-14-12-27(23-38)13-15-28/h3-19,25,34,39H,2,20-24,38H2,1H3,(H,40,45)(H,41,43)/t34-/m1/s1. The third-order valence-corrected chi connectivity index (χ3v) is 7.81. The monoisotopic (exact) mass is 617 g/mol. The summed E-state index contributed by atoms with van der Waals surface area (Å²) >= 11 is 0. The summed E-state index contributed by atoms with van der Waals surface area (Å²) in [7, 11) is 0. The summed E-state index contributed by atoms with van der Waals surface area (Å²) in [5, 5.41) is 6.84. The van der Waals surface area contributed by atoms with Gasteiger partial charge in [0.2, 0.25) is 0 Å². The van der Waals surface area contributed by atoms with E-state index in [2.05, 4.69) is 15.6 Å². The molecule has 9 nitrogen and oxygen atoms in total. The lowest BCUT2D eigenvalue weighted by Crippen LogP contribution is -2.54. The number of imide groups is 1. The summed E-state index contributed by atoms with van der Waals surface area (Å²) in [5.74, 6) is -0.197. The second-order valence-electron chi connectivity index (χ2n) is 11.0. The average Bonchev–Trinajstić information content (AvgIpc) is 3.51. The van der Waals surface area contributed by atoms with Crippen LogP contribution in [0.3, 0.4) is 0 Å². The van der Waals surface area contributed by atoms with Gasteiger partial charge in [-0.3, -0.25) is 14.5 Å². The number of para-hydroxylation sites is 1. The van der Waals surface area contributed by atoms with Crippen molar-refractivity contribution < 1.29 is 19.1 Å². The molecule has 1 heterocycles. The number of hydrogen-bond acceptors (Lipinski definition) is 5. The quantitative estimate of drug-likeness (QED) is 0.142. The Bertz CT molecular complexity index is 1750. The largest absolute Gasteiger partial charge is 0.494 e. The van der Waals surface area contributed by atoms with E-state index < -0.39 is 23.9 Å². The Labute approximate surface area is 268 Å². The number of aromatic amines is 1. The van der Waals surface area contributed by atoms with Crippen molar-refractivity contribution in [3.63, 3.8) is 0 Å². The summed E-state index contributed by atoms with van der Waals surface area (Å²) in [6.07, 6.45) is 2.51. The molecule has 0 saturated heterocycles. The van der Waals surface area contributed by atoms with Gasteiger partial charge in [0.1, 0.15) is 11.8 Å². The van der Waals surface area contributed by atoms with Gasteiger partial charge >= 0.3 is 6.03 Å². The van der Waals surface area contributed by atoms with Gasteiger partial charge in [-0.2, -0.15) is 0 Å². The first-order chi connectivity index (χ1) is 22.4. The van der Waals surface area contributed by atoms with E-state index in [9.17, 15) is 14.4 Å². The Kier molecular flexibility index (Phi) is 10.8. The molecule has 0 fully saturated rings. The maximum absolute atomic E-state index is 14.3. The van der Waals surface area contributed by atoms with Crippen molar-refractivity contribution in [3.8, 4) is 5.75 Å². The van der Waals surface area contributed by atoms with Crippen LogP contribution in [0.4, 0.5) is 4.79 Å². The molecule has 5 N–H and O–H groups in total. The Morgan fingerprint density at radius 1 is 0.848 bits per heavy atom. The molecule has 5 rings (SSSR count). The highest BCUT2D eigenvalue weighted by molar-refractivity contribution is 6.01. The molecular formula is C37H39N5O4. The molecule has 0 aliphatic carbocycles. The van der Waals surface area contributed by atoms with Gasteiger partial charge in [0.15, 0.2) is 0 Å². The van der Waals surface area contributed by atoms with Crippen LogP contribution < -0.4 is 21.1 Å². The number of nitrogens with one attached hydrogen (secondary N) is 3. The van der Waals surface area contributed by atoms with E-state index in [1.54, 1.807) is 24.3 Å². The second kappa shape index (κ2) is 15.5. The van der Waals surface area contributed by atoms with E-state index in [1.165, 1.54) is 4.90 Å². The van der Waals surface area contributed by atoms with Crippen molar-refractivity contribution in [3.05, 3.63) is 137 Å². The zero-order valence-corrected chi connectivity index (χ0v) is 25.9. The molecule has 236 valence electrons. The molecule has 4 aromatic carbocycles. The first kappa shape index (κ1) is 32.0. The maximum atomic E-state index is 14.3. The number of urea groups is 1. The predicted octanol–water partition coefficient (Wildman–Crippen LogP) is 5.35. The molecular weight excluding hydrogens is 578 g/mol. The number of carbonyl (C=O) groups is 3. The number of fused-ring (bicyclic) bond motifs is 1. The first-order valence-corrected chi connectivity index (χ1v) is 15.4. The van der Waals surface area contributed by atoms with Crippen molar-refractivity contribution >= 4 is 28.7 Å². The van der Waals surface area contributed by atoms with E-state index in [-0.39, 0.29) is 19.5 Å². The van der Waals surface area contributed by atoms with Crippen LogP contribution >= 0.6 is 0 Å². The van der Waals surface area contributed by atoms with Crippen LogP contribution in [-0.4, -0.2) is 46.9 Å². The van der Waals surface area contributed by atoms with Gasteiger partial charge in [0.05, 0.1) is 6.61 Å². The average molecular weight is 618 g/mol. The van der Waals surface area contributed by atoms with Crippen molar-refractivity contribution in [2.24, 2.45) is 5.73 Å². The van der Waals surface area contributed by atoms with Crippen molar-refractivity contribution in [1.29, 1.82) is 0 Å². The molecule has 46 heavy (non-hydrogen) atoms. The molecule has 5 aromatic rings. The first-order valence-electron chi connectivity index (χ1n) is 15.4. The molecule has 0 radical (unpaired) electrons. The van der Waals surface area contributed by atoms with Gasteiger partial charge in [-0.15, -0.1) is 0 Å². The predicted molar refractivity (Wildman–Crippen MR) is 179 cm³/mol. The fourth-order valence-corrected chi connectivity index (χ4v) is 5.29. The van der Waals surface area contributed by atoms with Gasteiger partial charge in [-0.05, 0) is 65.9 Å². The number of hydrogen-bond donors (Lipinski definition) is 4. The molecule has 4 amide bonds. The SMILES string of the molecule is CCOc1ccc(C[C@@H](NC(=O)c2ccccc2)C(=O)N(CCc2c[nH]c3ccccc23)C(=O)NCc2ccc(CN)cc2)cc1. The Hall–Kier alpha value is -5.41. The summed E-state index contributed by atoms with van der Waals surface area (Å²) in [5.41, 5.74) is 10.8. The zero-order valence-electron chi connectivity index (χ0n) is 25.9. The highest BCUT2D eigenvalue weighted by atomic mass is 16.5. The van der Waals surface area contributed by atoms with Gasteiger partial charge in [0.25, 0.3) is 11.8 Å². The lowest BCUT2D eigenvalue weighted by molar-refractivity contribution is -0.130. The Balaban J connectivity index is 1.41. The highest BCUT2D eigenvalue weighted by Gasteiger charge is 2.31. The molecule has 9 heteroatoms. The number of nitrogens with two attached hydrogens (primary N) is 1. The lowest BCUT2D eigenvalue weighted by atomic mass is 10.0. The van der Waals surface area contributed by atoms with E-state index in [1.807, 2.05) is 92.0 Å². The molecule has 0 aliphatic heterocycles. The third kappa shape index (κ3) is 8.19. The number of benzene rings is 4. The van der Waals surface area contributed by atoms with Gasteiger partial charge in [-0.1, -0.05) is 72.8 Å². The van der Waals surface area contributed by atoms with E-state index in [0.717, 1.165) is 33.2 Å². The summed E-state index contributed by atoms with van der Waals surface area (Å²) in [4.78, 5) is 45.9. The highest BCUT2D eigenvalue weighted by Crippen LogP contribution is 2.20. The lowest BCUT2D eigenvalue weighted by Gasteiger charge is -2.27. The number of ether oxygens (including phenoxy) is 1. The van der Waals surface area contributed by atoms with Gasteiger partial charge in [0, 0.05) is 48.7 Å². The van der Waals surface area contributed by atoms with Crippen LogP contribution in [0.25, 0.3) is 10.9 Å². The van der Waals surface area contributed by atoms with Gasteiger partial charge in [-0.25, -0.2) is 4.79 Å². The smallest absolute Gasteiger partial charge is 0.324 e. The summed E-state index contributed by atoms with van der Waals surface area (Å²) in [6.45, 7) is 3.20. The molecule has 0 saturated carbocycles. The number of H-pyrrole nitrogens is 1. The molecule has 0 spiro atoms. The molecule has 0 bridgehead atoms. The fourth-order valence-electron chi connectivity index (χ4n) is 5.29. The van der Waals surface area contributed by atoms with Crippen LogP contribution in [-0.2, 0) is 30.7 Å². The minimum Gasteiger partial charge on any atom is -0.494 e. The van der Waals surface area contributed by atoms with Crippen LogP contribution in [0.2, 0.25) is 0 Å². The Morgan fingerprint density at radius 3 is 2.24 bits per heavy atom. The van der Waals surface area contributed by atoms with Crippen molar-refractivity contribution in [2.45, 2.75) is 38.9 Å². The fraction of sp³-hybridized carbons (Fsp3) is 0.216. The second-order valence-corrected chi connectivity index (χ2v) is 11.0. The van der Waals surface area contributed by atoms with Gasteiger partial charge < -0.3 is 26.1 Å². The number of rotatable bonds is 13. The van der Waals surface area contributed by atoms with Crippen LogP contribution in [0.1, 0.15) is 39.5 Å². The summed E-state index contributed by atoms with van der Waals surface area (Å²) in [6, 6.07) is 30.1. The van der Waals surface area contributed by atoms with E-state index in [4.69, 9.17) is 10.5 Å². The normalized spacial score (nSPS) is 11.5. The minimum atomic E-state index is -1.01. The van der Waals surface area contributed by atoms with Crippen molar-refractivity contribution in [1.82, 2.24) is 20.5 Å². The number of nitrogens with zero attached hydrogens (tertiary/aromatic N) is 1. The zero-order chi connectivity index (χ0) is 32.3. The number of aromatic nitrogens is 1. The molecule has 1 atom stereocenters. The van der Waals surface area contributed by atoms with Crippen molar-refractivity contribution in [2.75, 3.05) is 13.2 Å². The number of amides is 4. The molecule has 0 unspecified atom stereocenters. The summed E-state index contributed by atoms with van der Waals surface area (Å²) < 4.78 is 5.57. The Morgan fingerprint density at radius 2 is 1.52 bits per heavy atom. The third-order valence-electron chi connectivity index (χ3n) is 7.81. The van der Waals surface area contributed by atoms with Crippen LogP contribution in [0.15, 0.2) is 109 Å². The minimum absolute atomic E-state index is 0.111. The van der Waals surface area contributed by atoms with E-state index in [0.29, 0.717) is 30.9 Å². The maximum Gasteiger partial charge on any atom is 0.324 e. The number of carbonyl (C=O) groups excluding carboxylic acids is 3. The molecule has 1 aromatic heterocycles. The van der Waals surface area contributed by atoms with Crippen LogP contribution in [0, 0.1) is 0 Å².